The number of ether oxygens (including phenoxy) is 2. The number of carbonyl (C=O) groups is 2. The molecule has 0 bridgehead atoms. The van der Waals surface area contributed by atoms with Gasteiger partial charge in [0.05, 0.1) is 12.5 Å². The molecule has 120 valence electrons. The summed E-state index contributed by atoms with van der Waals surface area (Å²) in [4.78, 5) is 23.8. The molecular formula is C16H21NO5. The summed E-state index contributed by atoms with van der Waals surface area (Å²) in [5.41, 5.74) is 0.371. The lowest BCUT2D eigenvalue weighted by Crippen LogP contribution is -2.46. The summed E-state index contributed by atoms with van der Waals surface area (Å²) in [5.74, 6) is -0.477. The summed E-state index contributed by atoms with van der Waals surface area (Å²) in [6, 6.07) is 5.17. The zero-order valence-corrected chi connectivity index (χ0v) is 12.8. The van der Waals surface area contributed by atoms with E-state index in [1.54, 1.807) is 25.3 Å². The van der Waals surface area contributed by atoms with Gasteiger partial charge >= 0.3 is 5.97 Å². The number of benzene rings is 1. The van der Waals surface area contributed by atoms with Crippen molar-refractivity contribution in [2.24, 2.45) is 5.41 Å². The van der Waals surface area contributed by atoms with Gasteiger partial charge in [-0.05, 0) is 43.5 Å². The van der Waals surface area contributed by atoms with Gasteiger partial charge in [-0.3, -0.25) is 9.59 Å². The Morgan fingerprint density at radius 2 is 2.05 bits per heavy atom. The highest BCUT2D eigenvalue weighted by Gasteiger charge is 2.40. The molecule has 0 saturated carbocycles. The van der Waals surface area contributed by atoms with E-state index in [4.69, 9.17) is 9.47 Å². The molecular weight excluding hydrogens is 286 g/mol. The highest BCUT2D eigenvalue weighted by Crippen LogP contribution is 2.30. The minimum Gasteiger partial charge on any atom is -0.497 e. The normalized spacial score (nSPS) is 16.8. The third-order valence-corrected chi connectivity index (χ3v) is 4.17. The zero-order valence-electron chi connectivity index (χ0n) is 12.8. The summed E-state index contributed by atoms with van der Waals surface area (Å²) >= 11 is 0. The summed E-state index contributed by atoms with van der Waals surface area (Å²) in [7, 11) is 1.57. The van der Waals surface area contributed by atoms with Gasteiger partial charge in [-0.1, -0.05) is 0 Å². The Bertz CT molecular complexity index is 564. The van der Waals surface area contributed by atoms with Crippen LogP contribution < -0.4 is 10.1 Å². The van der Waals surface area contributed by atoms with Gasteiger partial charge in [0.1, 0.15) is 5.75 Å². The number of rotatable bonds is 5. The standard InChI is InChI=1S/C16H21NO5/c1-11-9-12(21-2)3-4-13(11)14(18)17-10-16(15(19)20)5-7-22-8-6-16/h3-4,9H,5-8,10H2,1-2H3,(H,17,18)(H,19,20). The maximum absolute atomic E-state index is 12.3. The van der Waals surface area contributed by atoms with Crippen molar-refractivity contribution in [2.75, 3.05) is 26.9 Å². The smallest absolute Gasteiger partial charge is 0.311 e. The van der Waals surface area contributed by atoms with Crippen molar-refractivity contribution in [1.29, 1.82) is 0 Å². The number of carboxylic acids is 1. The highest BCUT2D eigenvalue weighted by molar-refractivity contribution is 5.96. The average Bonchev–Trinajstić information content (AvgIpc) is 2.53. The lowest BCUT2D eigenvalue weighted by Gasteiger charge is -2.33. The number of methoxy groups -OCH3 is 1. The number of hydrogen-bond acceptors (Lipinski definition) is 4. The van der Waals surface area contributed by atoms with Gasteiger partial charge in [0.2, 0.25) is 0 Å². The third-order valence-electron chi connectivity index (χ3n) is 4.17. The Balaban J connectivity index is 2.06. The molecule has 22 heavy (non-hydrogen) atoms. The van der Waals surface area contributed by atoms with Gasteiger partial charge < -0.3 is 19.9 Å². The van der Waals surface area contributed by atoms with Crippen LogP contribution in [0.25, 0.3) is 0 Å². The minimum atomic E-state index is -0.936. The van der Waals surface area contributed by atoms with Crippen LogP contribution >= 0.6 is 0 Å². The van der Waals surface area contributed by atoms with Gasteiger partial charge in [0, 0.05) is 25.3 Å². The van der Waals surface area contributed by atoms with Crippen LogP contribution in [0.1, 0.15) is 28.8 Å². The summed E-state index contributed by atoms with van der Waals surface area (Å²) in [5, 5.41) is 12.2. The molecule has 1 amide bonds. The average molecular weight is 307 g/mol. The lowest BCUT2D eigenvalue weighted by atomic mass is 9.80. The number of carboxylic acid groups (broad SMARTS) is 1. The predicted octanol–water partition coefficient (Wildman–Crippen LogP) is 1.61. The second-order valence-corrected chi connectivity index (χ2v) is 5.56. The minimum absolute atomic E-state index is 0.107. The van der Waals surface area contributed by atoms with Crippen molar-refractivity contribution in [3.63, 3.8) is 0 Å². The number of amides is 1. The van der Waals surface area contributed by atoms with Gasteiger partial charge in [0.25, 0.3) is 5.91 Å². The maximum Gasteiger partial charge on any atom is 0.311 e. The molecule has 0 aromatic heterocycles. The largest absolute Gasteiger partial charge is 0.497 e. The number of nitrogens with one attached hydrogen (secondary N) is 1. The summed E-state index contributed by atoms with van der Waals surface area (Å²) < 4.78 is 10.3. The van der Waals surface area contributed by atoms with Gasteiger partial charge in [-0.15, -0.1) is 0 Å². The van der Waals surface area contributed by atoms with Crippen LogP contribution in [-0.4, -0.2) is 43.9 Å². The van der Waals surface area contributed by atoms with Crippen molar-refractivity contribution in [1.82, 2.24) is 5.32 Å². The first-order chi connectivity index (χ1) is 10.5. The van der Waals surface area contributed by atoms with Crippen molar-refractivity contribution in [3.8, 4) is 5.75 Å². The summed E-state index contributed by atoms with van der Waals surface area (Å²) in [6.45, 7) is 2.74. The topological polar surface area (TPSA) is 84.9 Å². The molecule has 1 aromatic carbocycles. The van der Waals surface area contributed by atoms with E-state index in [1.165, 1.54) is 0 Å². The van der Waals surface area contributed by atoms with Crippen molar-refractivity contribution < 1.29 is 24.2 Å². The Hall–Kier alpha value is -2.08. The van der Waals surface area contributed by atoms with Gasteiger partial charge in [-0.25, -0.2) is 0 Å². The van der Waals surface area contributed by atoms with Gasteiger partial charge in [0.15, 0.2) is 0 Å². The van der Waals surface area contributed by atoms with Gasteiger partial charge in [-0.2, -0.15) is 0 Å². The molecule has 0 spiro atoms. The molecule has 1 aromatic rings. The molecule has 6 heteroatoms. The molecule has 0 aliphatic carbocycles. The Morgan fingerprint density at radius 3 is 2.59 bits per heavy atom. The van der Waals surface area contributed by atoms with E-state index >= 15 is 0 Å². The van der Waals surface area contributed by atoms with Crippen LogP contribution in [0.15, 0.2) is 18.2 Å². The van der Waals surface area contributed by atoms with Crippen LogP contribution in [-0.2, 0) is 9.53 Å². The van der Waals surface area contributed by atoms with Crippen molar-refractivity contribution in [2.45, 2.75) is 19.8 Å². The second-order valence-electron chi connectivity index (χ2n) is 5.56. The second kappa shape index (κ2) is 6.79. The van der Waals surface area contributed by atoms with Crippen molar-refractivity contribution >= 4 is 11.9 Å². The first kappa shape index (κ1) is 16.3. The molecule has 1 fully saturated rings. The van der Waals surface area contributed by atoms with Crippen LogP contribution in [0.5, 0.6) is 5.75 Å². The number of hydrogen-bond donors (Lipinski definition) is 2. The third kappa shape index (κ3) is 3.39. The van der Waals surface area contributed by atoms with Crippen LogP contribution in [0.2, 0.25) is 0 Å². The zero-order chi connectivity index (χ0) is 16.2. The van der Waals surface area contributed by atoms with Crippen LogP contribution in [0.4, 0.5) is 0 Å². The molecule has 1 aliphatic rings. The van der Waals surface area contributed by atoms with E-state index in [9.17, 15) is 14.7 Å². The quantitative estimate of drug-likeness (QED) is 0.863. The fourth-order valence-corrected chi connectivity index (χ4v) is 2.59. The van der Waals surface area contributed by atoms with Crippen LogP contribution in [0.3, 0.4) is 0 Å². The maximum atomic E-state index is 12.3. The van der Waals surface area contributed by atoms with Crippen molar-refractivity contribution in [3.05, 3.63) is 29.3 Å². The van der Waals surface area contributed by atoms with E-state index in [0.717, 1.165) is 5.56 Å². The number of aliphatic carboxylic acids is 1. The molecule has 0 atom stereocenters. The number of aryl methyl sites for hydroxylation is 1. The molecule has 2 N–H and O–H groups in total. The van der Waals surface area contributed by atoms with E-state index < -0.39 is 11.4 Å². The molecule has 0 unspecified atom stereocenters. The molecule has 6 nitrogen and oxygen atoms in total. The molecule has 1 aliphatic heterocycles. The molecule has 0 radical (unpaired) electrons. The first-order valence-electron chi connectivity index (χ1n) is 7.22. The summed E-state index contributed by atoms with van der Waals surface area (Å²) in [6.07, 6.45) is 0.814. The van der Waals surface area contributed by atoms with Crippen LogP contribution in [0, 0.1) is 12.3 Å². The molecule has 2 rings (SSSR count). The number of carbonyl (C=O) groups excluding carboxylic acids is 1. The monoisotopic (exact) mass is 307 g/mol. The SMILES string of the molecule is COc1ccc(C(=O)NCC2(C(=O)O)CCOCC2)c(C)c1. The predicted molar refractivity (Wildman–Crippen MR) is 80.2 cm³/mol. The first-order valence-corrected chi connectivity index (χ1v) is 7.22. The van der Waals surface area contributed by atoms with E-state index in [2.05, 4.69) is 5.32 Å². The molecule has 1 saturated heterocycles. The molecule has 1 heterocycles. The fraction of sp³-hybridized carbons (Fsp3) is 0.500. The Kier molecular flexibility index (Phi) is 5.03. The Labute approximate surface area is 129 Å². The van der Waals surface area contributed by atoms with E-state index in [0.29, 0.717) is 37.4 Å². The highest BCUT2D eigenvalue weighted by atomic mass is 16.5. The fourth-order valence-electron chi connectivity index (χ4n) is 2.59. The van der Waals surface area contributed by atoms with E-state index in [1.807, 2.05) is 6.92 Å². The lowest BCUT2D eigenvalue weighted by molar-refractivity contribution is -0.154. The Morgan fingerprint density at radius 1 is 1.36 bits per heavy atom. The van der Waals surface area contributed by atoms with E-state index in [-0.39, 0.29) is 12.5 Å².